The van der Waals surface area contributed by atoms with Crippen molar-refractivity contribution in [1.82, 2.24) is 24.8 Å². The number of nitrogens with two attached hydrogens (primary N) is 1. The van der Waals surface area contributed by atoms with E-state index in [-0.39, 0.29) is 23.7 Å². The molecular formula is C12H18N6O11P2. The Morgan fingerprint density at radius 1 is 1.39 bits per heavy atom. The van der Waals surface area contributed by atoms with Crippen LogP contribution in [-0.4, -0.2) is 71.1 Å². The molecule has 1 aliphatic heterocycles. The van der Waals surface area contributed by atoms with Crippen molar-refractivity contribution in [2.75, 3.05) is 18.9 Å². The van der Waals surface area contributed by atoms with Crippen molar-refractivity contribution in [3.63, 3.8) is 0 Å². The minimum absolute atomic E-state index is 0.0216. The molecule has 8 N–H and O–H groups in total. The standard InChI is InChI=1S/C12H18N6O11P2/c13-12-16-9-7(10(21)17-12)15-3-18(9)11-8(20)5(1-14-4-19)6(28-11)2-27-31(25,26)29-30(22,23)24/h3-6,8,11,20H,1-2H2,(H,14,19)(H,25,26)(H2,22,23,24)(H3,13,16,17,21)/t5-,6-,8-,11-/m1/s1. The highest BCUT2D eigenvalue weighted by Gasteiger charge is 2.46. The second-order valence-electron chi connectivity index (χ2n) is 6.36. The van der Waals surface area contributed by atoms with Gasteiger partial charge in [0.1, 0.15) is 6.10 Å². The second-order valence-corrected chi connectivity index (χ2v) is 9.19. The first-order valence-corrected chi connectivity index (χ1v) is 11.4. The zero-order valence-electron chi connectivity index (χ0n) is 15.3. The number of nitrogen functional groups attached to an aromatic ring is 1. The molecule has 0 radical (unpaired) electrons. The number of hydrogen-bond acceptors (Lipinski definition) is 11. The molecule has 1 amide bonds. The fourth-order valence-corrected chi connectivity index (χ4v) is 4.68. The third-order valence-electron chi connectivity index (χ3n) is 4.30. The van der Waals surface area contributed by atoms with Crippen LogP contribution in [0, 0.1) is 5.92 Å². The Balaban J connectivity index is 1.86. The van der Waals surface area contributed by atoms with Gasteiger partial charge in [0.25, 0.3) is 5.56 Å². The number of phosphoric acid groups is 2. The van der Waals surface area contributed by atoms with Crippen LogP contribution in [0.3, 0.4) is 0 Å². The topological polar surface area (TPSA) is 261 Å². The Morgan fingerprint density at radius 2 is 2.10 bits per heavy atom. The number of aromatic nitrogens is 4. The van der Waals surface area contributed by atoms with Crippen molar-refractivity contribution in [1.29, 1.82) is 0 Å². The summed E-state index contributed by atoms with van der Waals surface area (Å²) in [6.45, 7) is -0.914. The van der Waals surface area contributed by atoms with Crippen LogP contribution in [0.5, 0.6) is 0 Å². The number of anilines is 1. The van der Waals surface area contributed by atoms with E-state index in [1.165, 1.54) is 4.57 Å². The average Bonchev–Trinajstić information content (AvgIpc) is 3.17. The van der Waals surface area contributed by atoms with E-state index in [2.05, 4.69) is 29.1 Å². The Morgan fingerprint density at radius 3 is 2.74 bits per heavy atom. The van der Waals surface area contributed by atoms with Gasteiger partial charge in [0.15, 0.2) is 17.4 Å². The molecule has 2 aromatic heterocycles. The van der Waals surface area contributed by atoms with Crippen LogP contribution in [0.1, 0.15) is 6.23 Å². The van der Waals surface area contributed by atoms with Gasteiger partial charge in [0, 0.05) is 12.5 Å². The Kier molecular flexibility index (Phi) is 6.61. The van der Waals surface area contributed by atoms with Crippen LogP contribution >= 0.6 is 15.6 Å². The Bertz CT molecular complexity index is 1110. The first-order valence-electron chi connectivity index (χ1n) is 8.39. The van der Waals surface area contributed by atoms with E-state index in [0.29, 0.717) is 6.41 Å². The number of aromatic amines is 1. The number of ether oxygens (including phenoxy) is 1. The summed E-state index contributed by atoms with van der Waals surface area (Å²) in [7, 11) is -10.5. The van der Waals surface area contributed by atoms with Crippen LogP contribution in [0.4, 0.5) is 5.95 Å². The second kappa shape index (κ2) is 8.74. The fourth-order valence-electron chi connectivity index (χ4n) is 3.08. The lowest BCUT2D eigenvalue weighted by Gasteiger charge is -2.20. The molecule has 2 aromatic rings. The summed E-state index contributed by atoms with van der Waals surface area (Å²) < 4.78 is 37.6. The highest BCUT2D eigenvalue weighted by atomic mass is 31.3. The molecule has 172 valence electrons. The summed E-state index contributed by atoms with van der Waals surface area (Å²) in [6, 6.07) is 0. The van der Waals surface area contributed by atoms with Crippen molar-refractivity contribution >= 4 is 39.2 Å². The number of aliphatic hydroxyl groups is 1. The largest absolute Gasteiger partial charge is 0.481 e. The van der Waals surface area contributed by atoms with Gasteiger partial charge in [-0.2, -0.15) is 9.29 Å². The van der Waals surface area contributed by atoms with Crippen molar-refractivity contribution in [3.05, 3.63) is 16.7 Å². The van der Waals surface area contributed by atoms with Crippen LogP contribution in [0.25, 0.3) is 11.2 Å². The number of fused-ring (bicyclic) bond motifs is 1. The average molecular weight is 484 g/mol. The Hall–Kier alpha value is -2.20. The SMILES string of the molecule is Nc1nc2c(ncn2[C@@H]2O[C@H](COP(=O)(O)OP(=O)(O)O)[C@@H](CNC=O)[C@H]2O)c(=O)[nH]1. The number of nitrogens with one attached hydrogen (secondary N) is 2. The first-order chi connectivity index (χ1) is 14.4. The molecule has 0 spiro atoms. The van der Waals surface area contributed by atoms with E-state index in [4.69, 9.17) is 20.3 Å². The molecule has 1 saturated heterocycles. The van der Waals surface area contributed by atoms with E-state index >= 15 is 0 Å². The summed E-state index contributed by atoms with van der Waals surface area (Å²) in [5.41, 5.74) is 4.78. The summed E-state index contributed by atoms with van der Waals surface area (Å²) in [6.07, 6.45) is -2.25. The molecule has 3 heterocycles. The number of carbonyl (C=O) groups is 1. The number of carbonyl (C=O) groups excluding carboxylic acids is 1. The predicted molar refractivity (Wildman–Crippen MR) is 98.9 cm³/mol. The summed E-state index contributed by atoms with van der Waals surface area (Å²) in [5.74, 6) is -1.14. The van der Waals surface area contributed by atoms with Crippen molar-refractivity contribution < 1.29 is 47.3 Å². The minimum atomic E-state index is -5.33. The molecule has 0 saturated carbocycles. The van der Waals surface area contributed by atoms with Gasteiger partial charge in [0.05, 0.1) is 19.0 Å². The van der Waals surface area contributed by atoms with Gasteiger partial charge < -0.3 is 35.6 Å². The fraction of sp³-hybridized carbons (Fsp3) is 0.500. The van der Waals surface area contributed by atoms with E-state index in [9.17, 15) is 28.7 Å². The molecule has 1 aliphatic rings. The molecule has 1 fully saturated rings. The van der Waals surface area contributed by atoms with Crippen LogP contribution in [0.2, 0.25) is 0 Å². The zero-order valence-corrected chi connectivity index (χ0v) is 17.1. The van der Waals surface area contributed by atoms with Gasteiger partial charge in [-0.1, -0.05) is 0 Å². The number of phosphoric ester groups is 1. The maximum absolute atomic E-state index is 11.9. The van der Waals surface area contributed by atoms with Crippen LogP contribution < -0.4 is 16.6 Å². The maximum atomic E-state index is 11.9. The number of H-pyrrole nitrogens is 1. The first kappa shape index (κ1) is 23.5. The highest BCUT2D eigenvalue weighted by Crippen LogP contribution is 2.57. The van der Waals surface area contributed by atoms with Gasteiger partial charge in [-0.05, 0) is 0 Å². The molecule has 31 heavy (non-hydrogen) atoms. The summed E-state index contributed by atoms with van der Waals surface area (Å²) in [4.78, 5) is 59.5. The lowest BCUT2D eigenvalue weighted by Crippen LogP contribution is -2.36. The lowest BCUT2D eigenvalue weighted by molar-refractivity contribution is -0.109. The number of aliphatic hydroxyl groups excluding tert-OH is 1. The third kappa shape index (κ3) is 5.35. The quantitative estimate of drug-likeness (QED) is 0.144. The minimum Gasteiger partial charge on any atom is -0.388 e. The zero-order chi connectivity index (χ0) is 23.0. The molecule has 5 atom stereocenters. The molecule has 1 unspecified atom stereocenters. The van der Waals surface area contributed by atoms with E-state index in [1.54, 1.807) is 0 Å². The number of imidazole rings is 1. The highest BCUT2D eigenvalue weighted by molar-refractivity contribution is 7.60. The maximum Gasteiger partial charge on any atom is 0.481 e. The van der Waals surface area contributed by atoms with E-state index < -0.39 is 52.2 Å². The monoisotopic (exact) mass is 484 g/mol. The lowest BCUT2D eigenvalue weighted by atomic mass is 9.98. The van der Waals surface area contributed by atoms with Crippen LogP contribution in [-0.2, 0) is 27.5 Å². The molecule has 17 nitrogen and oxygen atoms in total. The molecular weight excluding hydrogens is 466 g/mol. The van der Waals surface area contributed by atoms with Gasteiger partial charge in [0.2, 0.25) is 12.4 Å². The number of rotatable bonds is 9. The smallest absolute Gasteiger partial charge is 0.388 e. The molecule has 3 rings (SSSR count). The summed E-state index contributed by atoms with van der Waals surface area (Å²) >= 11 is 0. The van der Waals surface area contributed by atoms with Gasteiger partial charge in [-0.3, -0.25) is 23.7 Å². The van der Waals surface area contributed by atoms with Gasteiger partial charge in [-0.25, -0.2) is 14.1 Å². The molecule has 19 heteroatoms. The third-order valence-corrected chi connectivity index (χ3v) is 6.45. The Labute approximate surface area is 172 Å². The molecule has 0 bridgehead atoms. The number of hydrogen-bond donors (Lipinski definition) is 7. The number of nitrogens with zero attached hydrogens (tertiary/aromatic N) is 3. The van der Waals surface area contributed by atoms with E-state index in [1.807, 2.05) is 0 Å². The molecule has 0 aromatic carbocycles. The van der Waals surface area contributed by atoms with Gasteiger partial charge in [-0.15, -0.1) is 0 Å². The number of amides is 1. The van der Waals surface area contributed by atoms with Crippen LogP contribution in [0.15, 0.2) is 11.1 Å². The predicted octanol–water partition coefficient (Wildman–Crippen LogP) is -2.45. The molecule has 0 aliphatic carbocycles. The van der Waals surface area contributed by atoms with Crippen molar-refractivity contribution in [2.24, 2.45) is 5.92 Å². The normalized spacial score (nSPS) is 26.1. The van der Waals surface area contributed by atoms with Crippen molar-refractivity contribution in [3.8, 4) is 0 Å². The summed E-state index contributed by atoms with van der Waals surface area (Å²) in [5, 5.41) is 13.0. The van der Waals surface area contributed by atoms with Gasteiger partial charge >= 0.3 is 15.6 Å². The van der Waals surface area contributed by atoms with E-state index in [0.717, 1.165) is 6.33 Å². The van der Waals surface area contributed by atoms with Crippen molar-refractivity contribution in [2.45, 2.75) is 18.4 Å².